The van der Waals surface area contributed by atoms with Crippen LogP contribution in [0, 0.1) is 11.6 Å². The summed E-state index contributed by atoms with van der Waals surface area (Å²) in [6.07, 6.45) is 0. The van der Waals surface area contributed by atoms with Crippen molar-refractivity contribution >= 4 is 17.3 Å². The smallest absolute Gasteiger partial charge is 0.337 e. The number of carbonyl (C=O) groups is 1. The minimum atomic E-state index is -1.26. The van der Waals surface area contributed by atoms with Crippen molar-refractivity contribution in [3.8, 4) is 0 Å². The molecule has 0 radical (unpaired) electrons. The minimum Gasteiger partial charge on any atom is -0.478 e. The first kappa shape index (κ1) is 14.0. The van der Waals surface area contributed by atoms with E-state index < -0.39 is 17.6 Å². The molecule has 0 spiro atoms. The third kappa shape index (κ3) is 2.47. The lowest BCUT2D eigenvalue weighted by Gasteiger charge is -2.25. The molecule has 0 saturated carbocycles. The van der Waals surface area contributed by atoms with Crippen molar-refractivity contribution in [1.29, 1.82) is 0 Å². The predicted octanol–water partition coefficient (Wildman–Crippen LogP) is 3.82. The zero-order valence-electron chi connectivity index (χ0n) is 10.8. The van der Waals surface area contributed by atoms with E-state index >= 15 is 0 Å². The topological polar surface area (TPSA) is 40.5 Å². The van der Waals surface area contributed by atoms with Crippen LogP contribution >= 0.6 is 0 Å². The number of hydrogen-bond donors (Lipinski definition) is 1. The average Bonchev–Trinajstić information content (AvgIpc) is 2.43. The maximum atomic E-state index is 14.0. The first-order valence-electron chi connectivity index (χ1n) is 6.10. The zero-order chi connectivity index (χ0) is 14.7. The Morgan fingerprint density at radius 2 is 1.75 bits per heavy atom. The highest BCUT2D eigenvalue weighted by atomic mass is 19.1. The van der Waals surface area contributed by atoms with Crippen LogP contribution < -0.4 is 4.90 Å². The number of aromatic carboxylic acids is 1. The maximum Gasteiger partial charge on any atom is 0.337 e. The van der Waals surface area contributed by atoms with E-state index in [1.807, 2.05) is 0 Å². The van der Waals surface area contributed by atoms with E-state index in [0.29, 0.717) is 0 Å². The molecular formula is C15H13F2NO2. The van der Waals surface area contributed by atoms with E-state index in [1.165, 1.54) is 35.2 Å². The molecule has 0 fully saturated rings. The Hall–Kier alpha value is -2.43. The van der Waals surface area contributed by atoms with Gasteiger partial charge in [0.05, 0.1) is 16.9 Å². The van der Waals surface area contributed by atoms with Gasteiger partial charge in [0.2, 0.25) is 0 Å². The van der Waals surface area contributed by atoms with E-state index in [-0.39, 0.29) is 23.5 Å². The van der Waals surface area contributed by atoms with Gasteiger partial charge in [0.25, 0.3) is 0 Å². The Kier molecular flexibility index (Phi) is 3.98. The van der Waals surface area contributed by atoms with Gasteiger partial charge in [-0.05, 0) is 31.2 Å². The summed E-state index contributed by atoms with van der Waals surface area (Å²) in [5.41, 5.74) is -0.190. The van der Waals surface area contributed by atoms with Crippen molar-refractivity contribution in [1.82, 2.24) is 0 Å². The quantitative estimate of drug-likeness (QED) is 0.923. The van der Waals surface area contributed by atoms with Crippen LogP contribution in [0.15, 0.2) is 42.5 Å². The molecule has 0 amide bonds. The molecule has 0 saturated heterocycles. The van der Waals surface area contributed by atoms with Gasteiger partial charge in [-0.1, -0.05) is 18.2 Å². The Morgan fingerprint density at radius 3 is 2.35 bits per heavy atom. The molecular weight excluding hydrogens is 264 g/mol. The molecule has 0 bridgehead atoms. The second kappa shape index (κ2) is 5.69. The summed E-state index contributed by atoms with van der Waals surface area (Å²) in [4.78, 5) is 12.5. The second-order valence-electron chi connectivity index (χ2n) is 4.14. The molecule has 0 aromatic heterocycles. The lowest BCUT2D eigenvalue weighted by atomic mass is 10.1. The SMILES string of the molecule is CCN(c1ccccc1F)c1c(F)cccc1C(=O)O. The molecule has 0 aliphatic heterocycles. The molecule has 0 unspecified atom stereocenters. The predicted molar refractivity (Wildman–Crippen MR) is 72.4 cm³/mol. The number of hydrogen-bond acceptors (Lipinski definition) is 2. The van der Waals surface area contributed by atoms with Crippen molar-refractivity contribution < 1.29 is 18.7 Å². The van der Waals surface area contributed by atoms with Gasteiger partial charge in [0, 0.05) is 6.54 Å². The fraction of sp³-hybridized carbons (Fsp3) is 0.133. The van der Waals surface area contributed by atoms with E-state index in [2.05, 4.69) is 0 Å². The normalized spacial score (nSPS) is 10.3. The number of halogens is 2. The molecule has 2 aromatic carbocycles. The van der Waals surface area contributed by atoms with Crippen LogP contribution in [0.5, 0.6) is 0 Å². The Labute approximate surface area is 115 Å². The number of nitrogens with zero attached hydrogens (tertiary/aromatic N) is 1. The molecule has 2 rings (SSSR count). The average molecular weight is 277 g/mol. The zero-order valence-corrected chi connectivity index (χ0v) is 10.8. The first-order valence-corrected chi connectivity index (χ1v) is 6.10. The highest BCUT2D eigenvalue weighted by Crippen LogP contribution is 2.32. The van der Waals surface area contributed by atoms with Crippen LogP contribution in [0.2, 0.25) is 0 Å². The molecule has 1 N–H and O–H groups in total. The number of anilines is 2. The summed E-state index contributed by atoms with van der Waals surface area (Å²) in [7, 11) is 0. The summed E-state index contributed by atoms with van der Waals surface area (Å²) in [5, 5.41) is 9.16. The Balaban J connectivity index is 2.64. The summed E-state index contributed by atoms with van der Waals surface area (Å²) in [6, 6.07) is 9.64. The third-order valence-electron chi connectivity index (χ3n) is 2.95. The van der Waals surface area contributed by atoms with Gasteiger partial charge in [-0.15, -0.1) is 0 Å². The molecule has 2 aromatic rings. The number of rotatable bonds is 4. The fourth-order valence-electron chi connectivity index (χ4n) is 2.08. The first-order chi connectivity index (χ1) is 9.56. The number of para-hydroxylation sites is 2. The van der Waals surface area contributed by atoms with Gasteiger partial charge in [-0.3, -0.25) is 0 Å². The van der Waals surface area contributed by atoms with Crippen LogP contribution in [-0.4, -0.2) is 17.6 Å². The molecule has 20 heavy (non-hydrogen) atoms. The van der Waals surface area contributed by atoms with Crippen LogP contribution in [-0.2, 0) is 0 Å². The fourth-order valence-corrected chi connectivity index (χ4v) is 2.08. The molecule has 0 aliphatic rings. The molecule has 5 heteroatoms. The molecule has 104 valence electrons. The van der Waals surface area contributed by atoms with Crippen LogP contribution in [0.1, 0.15) is 17.3 Å². The monoisotopic (exact) mass is 277 g/mol. The Morgan fingerprint density at radius 1 is 1.10 bits per heavy atom. The molecule has 0 atom stereocenters. The van der Waals surface area contributed by atoms with Gasteiger partial charge in [-0.2, -0.15) is 0 Å². The van der Waals surface area contributed by atoms with Crippen molar-refractivity contribution in [3.05, 3.63) is 59.7 Å². The highest BCUT2D eigenvalue weighted by Gasteiger charge is 2.22. The minimum absolute atomic E-state index is 0.132. The van der Waals surface area contributed by atoms with Gasteiger partial charge in [0.15, 0.2) is 0 Å². The van der Waals surface area contributed by atoms with Crippen LogP contribution in [0.4, 0.5) is 20.2 Å². The van der Waals surface area contributed by atoms with Gasteiger partial charge in [0.1, 0.15) is 11.6 Å². The summed E-state index contributed by atoms with van der Waals surface area (Å²) in [6.45, 7) is 1.94. The lowest BCUT2D eigenvalue weighted by Crippen LogP contribution is -2.21. The number of carboxylic acid groups (broad SMARTS) is 1. The largest absolute Gasteiger partial charge is 0.478 e. The summed E-state index contributed by atoms with van der Waals surface area (Å²) in [5.74, 6) is -2.49. The van der Waals surface area contributed by atoms with Gasteiger partial charge in [-0.25, -0.2) is 13.6 Å². The molecule has 3 nitrogen and oxygen atoms in total. The van der Waals surface area contributed by atoms with Crippen molar-refractivity contribution in [2.45, 2.75) is 6.92 Å². The second-order valence-corrected chi connectivity index (χ2v) is 4.14. The van der Waals surface area contributed by atoms with Gasteiger partial charge >= 0.3 is 5.97 Å². The lowest BCUT2D eigenvalue weighted by molar-refractivity contribution is 0.0697. The standard InChI is InChI=1S/C15H13F2NO2/c1-2-18(13-9-4-3-7-11(13)16)14-10(15(19)20)6-5-8-12(14)17/h3-9H,2H2,1H3,(H,19,20). The Bertz CT molecular complexity index is 644. The van der Waals surface area contributed by atoms with Crippen molar-refractivity contribution in [3.63, 3.8) is 0 Å². The third-order valence-corrected chi connectivity index (χ3v) is 2.95. The summed E-state index contributed by atoms with van der Waals surface area (Å²) >= 11 is 0. The van der Waals surface area contributed by atoms with Crippen LogP contribution in [0.3, 0.4) is 0 Å². The molecule has 0 heterocycles. The van der Waals surface area contributed by atoms with Gasteiger partial charge < -0.3 is 10.0 Å². The maximum absolute atomic E-state index is 14.0. The number of carboxylic acids is 1. The summed E-state index contributed by atoms with van der Waals surface area (Å²) < 4.78 is 27.9. The number of benzene rings is 2. The van der Waals surface area contributed by atoms with Crippen molar-refractivity contribution in [2.24, 2.45) is 0 Å². The van der Waals surface area contributed by atoms with E-state index in [0.717, 1.165) is 6.07 Å². The van der Waals surface area contributed by atoms with Crippen LogP contribution in [0.25, 0.3) is 0 Å². The van der Waals surface area contributed by atoms with E-state index in [9.17, 15) is 13.6 Å². The van der Waals surface area contributed by atoms with E-state index in [4.69, 9.17) is 5.11 Å². The molecule has 0 aliphatic carbocycles. The van der Waals surface area contributed by atoms with Crippen molar-refractivity contribution in [2.75, 3.05) is 11.4 Å². The highest BCUT2D eigenvalue weighted by molar-refractivity contribution is 5.95. The van der Waals surface area contributed by atoms with E-state index in [1.54, 1.807) is 13.0 Å².